The molecule has 1 atom stereocenters. The molecule has 0 saturated carbocycles. The SMILES string of the molecule is CN(CC1CCn2ccnc2C1)S(=O)(=O)c1ccc2c(c1)CCCNC2. The van der Waals surface area contributed by atoms with Gasteiger partial charge < -0.3 is 9.88 Å². The molecule has 7 heteroatoms. The van der Waals surface area contributed by atoms with E-state index >= 15 is 0 Å². The van der Waals surface area contributed by atoms with E-state index in [-0.39, 0.29) is 0 Å². The summed E-state index contributed by atoms with van der Waals surface area (Å²) < 4.78 is 29.8. The van der Waals surface area contributed by atoms with E-state index in [9.17, 15) is 8.42 Å². The number of benzene rings is 1. The minimum absolute atomic E-state index is 0.315. The molecule has 0 saturated heterocycles. The highest BCUT2D eigenvalue weighted by atomic mass is 32.2. The fourth-order valence-electron chi connectivity index (χ4n) is 4.01. The van der Waals surface area contributed by atoms with Gasteiger partial charge in [-0.05, 0) is 55.0 Å². The molecule has 0 bridgehead atoms. The number of aromatic nitrogens is 2. The molecule has 0 amide bonds. The summed E-state index contributed by atoms with van der Waals surface area (Å²) >= 11 is 0. The van der Waals surface area contributed by atoms with Gasteiger partial charge in [0.05, 0.1) is 4.90 Å². The first kappa shape index (κ1) is 17.7. The molecule has 4 rings (SSSR count). The minimum Gasteiger partial charge on any atom is -0.335 e. The lowest BCUT2D eigenvalue weighted by molar-refractivity contribution is 0.316. The van der Waals surface area contributed by atoms with Crippen LogP contribution < -0.4 is 5.32 Å². The van der Waals surface area contributed by atoms with Gasteiger partial charge in [-0.1, -0.05) is 6.07 Å². The van der Waals surface area contributed by atoms with Crippen LogP contribution in [0.5, 0.6) is 0 Å². The molecule has 1 aromatic carbocycles. The average Bonchev–Trinajstić information content (AvgIpc) is 2.97. The largest absolute Gasteiger partial charge is 0.335 e. The van der Waals surface area contributed by atoms with Gasteiger partial charge in [0.15, 0.2) is 0 Å². The van der Waals surface area contributed by atoms with Crippen molar-refractivity contribution >= 4 is 10.0 Å². The molecule has 1 N–H and O–H groups in total. The molecule has 26 heavy (non-hydrogen) atoms. The maximum atomic E-state index is 13.1. The van der Waals surface area contributed by atoms with Crippen LogP contribution in [0, 0.1) is 5.92 Å². The molecule has 1 aromatic heterocycles. The lowest BCUT2D eigenvalue weighted by atomic mass is 9.98. The van der Waals surface area contributed by atoms with E-state index in [0.717, 1.165) is 56.7 Å². The quantitative estimate of drug-likeness (QED) is 0.886. The number of nitrogens with one attached hydrogen (secondary N) is 1. The standard InChI is InChI=1S/C19H26N4O2S/c1-22(14-15-6-9-23-10-8-21-19(23)11-15)26(24,25)18-5-4-17-13-20-7-2-3-16(17)12-18/h4-5,8,10,12,15,20H,2-3,6-7,9,11,13-14H2,1H3. The highest BCUT2D eigenvalue weighted by Gasteiger charge is 2.27. The van der Waals surface area contributed by atoms with E-state index in [4.69, 9.17) is 0 Å². The number of fused-ring (bicyclic) bond motifs is 2. The number of sulfonamides is 1. The van der Waals surface area contributed by atoms with Crippen molar-refractivity contribution in [3.63, 3.8) is 0 Å². The van der Waals surface area contributed by atoms with Crippen LogP contribution in [0.3, 0.4) is 0 Å². The Morgan fingerprint density at radius 2 is 2.23 bits per heavy atom. The van der Waals surface area contributed by atoms with Crippen LogP contribution in [-0.4, -0.2) is 42.4 Å². The van der Waals surface area contributed by atoms with Crippen molar-refractivity contribution in [1.82, 2.24) is 19.2 Å². The average molecular weight is 375 g/mol. The summed E-state index contributed by atoms with van der Waals surface area (Å²) in [7, 11) is -1.76. The zero-order chi connectivity index (χ0) is 18.1. The van der Waals surface area contributed by atoms with E-state index in [0.29, 0.717) is 17.4 Å². The van der Waals surface area contributed by atoms with E-state index < -0.39 is 10.0 Å². The number of nitrogens with zero attached hydrogens (tertiary/aromatic N) is 3. The molecule has 1 unspecified atom stereocenters. The Balaban J connectivity index is 1.50. The second-order valence-electron chi connectivity index (χ2n) is 7.39. The molecule has 140 valence electrons. The zero-order valence-corrected chi connectivity index (χ0v) is 16.0. The maximum absolute atomic E-state index is 13.1. The molecule has 2 aliphatic heterocycles. The Kier molecular flexibility index (Phi) is 4.86. The van der Waals surface area contributed by atoms with Crippen molar-refractivity contribution in [3.8, 4) is 0 Å². The van der Waals surface area contributed by atoms with Crippen molar-refractivity contribution in [3.05, 3.63) is 47.5 Å². The molecular weight excluding hydrogens is 348 g/mol. The normalized spacial score (nSPS) is 20.5. The first-order valence-corrected chi connectivity index (χ1v) is 10.8. The summed E-state index contributed by atoms with van der Waals surface area (Å²) in [6, 6.07) is 5.60. The van der Waals surface area contributed by atoms with Gasteiger partial charge >= 0.3 is 0 Å². The summed E-state index contributed by atoms with van der Waals surface area (Å²) in [6.45, 7) is 3.25. The van der Waals surface area contributed by atoms with Gasteiger partial charge in [0.2, 0.25) is 10.0 Å². The molecule has 0 radical (unpaired) electrons. The van der Waals surface area contributed by atoms with Gasteiger partial charge in [0.1, 0.15) is 5.82 Å². The summed E-state index contributed by atoms with van der Waals surface area (Å²) in [4.78, 5) is 4.80. The second-order valence-corrected chi connectivity index (χ2v) is 9.44. The molecule has 6 nitrogen and oxygen atoms in total. The van der Waals surface area contributed by atoms with Gasteiger partial charge in [-0.15, -0.1) is 0 Å². The number of rotatable bonds is 4. The third-order valence-corrected chi connectivity index (χ3v) is 7.39. The Morgan fingerprint density at radius 3 is 3.12 bits per heavy atom. The Bertz CT molecular complexity index is 891. The van der Waals surface area contributed by atoms with Gasteiger partial charge in [-0.2, -0.15) is 0 Å². The van der Waals surface area contributed by atoms with Crippen molar-refractivity contribution in [2.45, 2.75) is 43.7 Å². The second kappa shape index (κ2) is 7.13. The molecule has 0 spiro atoms. The smallest absolute Gasteiger partial charge is 0.242 e. The number of aryl methyl sites for hydroxylation is 2. The highest BCUT2D eigenvalue weighted by Crippen LogP contribution is 2.25. The van der Waals surface area contributed by atoms with Crippen molar-refractivity contribution in [2.24, 2.45) is 5.92 Å². The third-order valence-electron chi connectivity index (χ3n) is 5.57. The first-order valence-electron chi connectivity index (χ1n) is 9.33. The Hall–Kier alpha value is -1.70. The van der Waals surface area contributed by atoms with Gasteiger partial charge in [-0.3, -0.25) is 0 Å². The van der Waals surface area contributed by atoms with E-state index in [1.807, 2.05) is 24.5 Å². The molecule has 0 aliphatic carbocycles. The predicted molar refractivity (Wildman–Crippen MR) is 100 cm³/mol. The van der Waals surface area contributed by atoms with Crippen molar-refractivity contribution in [2.75, 3.05) is 20.1 Å². The third kappa shape index (κ3) is 3.43. The van der Waals surface area contributed by atoms with Gasteiger partial charge in [0, 0.05) is 45.5 Å². The topological polar surface area (TPSA) is 67.2 Å². The van der Waals surface area contributed by atoms with Crippen LogP contribution in [0.2, 0.25) is 0 Å². The Labute approximate surface area is 155 Å². The molecule has 2 aromatic rings. The number of imidazole rings is 1. The van der Waals surface area contributed by atoms with Crippen LogP contribution in [0.4, 0.5) is 0 Å². The maximum Gasteiger partial charge on any atom is 0.242 e. The summed E-state index contributed by atoms with van der Waals surface area (Å²) in [5.74, 6) is 1.37. The predicted octanol–water partition coefficient (Wildman–Crippen LogP) is 1.80. The fraction of sp³-hybridized carbons (Fsp3) is 0.526. The van der Waals surface area contributed by atoms with Crippen LogP contribution in [-0.2, 0) is 36.0 Å². The molecule has 3 heterocycles. The molecule has 2 aliphatic rings. The van der Waals surface area contributed by atoms with Crippen molar-refractivity contribution < 1.29 is 8.42 Å². The molecular formula is C19H26N4O2S. The van der Waals surface area contributed by atoms with Crippen LogP contribution in [0.1, 0.15) is 29.8 Å². The van der Waals surface area contributed by atoms with E-state index in [2.05, 4.69) is 14.9 Å². The van der Waals surface area contributed by atoms with Crippen LogP contribution in [0.15, 0.2) is 35.5 Å². The summed E-state index contributed by atoms with van der Waals surface area (Å²) in [6.07, 6.45) is 7.61. The van der Waals surface area contributed by atoms with Gasteiger partial charge in [-0.25, -0.2) is 17.7 Å². The van der Waals surface area contributed by atoms with Crippen LogP contribution in [0.25, 0.3) is 0 Å². The number of hydrogen-bond donors (Lipinski definition) is 1. The number of hydrogen-bond acceptors (Lipinski definition) is 4. The monoisotopic (exact) mass is 374 g/mol. The van der Waals surface area contributed by atoms with E-state index in [1.54, 1.807) is 13.1 Å². The minimum atomic E-state index is -3.46. The fourth-order valence-corrected chi connectivity index (χ4v) is 5.31. The summed E-state index contributed by atoms with van der Waals surface area (Å²) in [5.41, 5.74) is 2.37. The first-order chi connectivity index (χ1) is 12.5. The highest BCUT2D eigenvalue weighted by molar-refractivity contribution is 7.89. The summed E-state index contributed by atoms with van der Waals surface area (Å²) in [5, 5.41) is 3.38. The van der Waals surface area contributed by atoms with Crippen LogP contribution >= 0.6 is 0 Å². The van der Waals surface area contributed by atoms with Gasteiger partial charge in [0.25, 0.3) is 0 Å². The van der Waals surface area contributed by atoms with Crippen molar-refractivity contribution in [1.29, 1.82) is 0 Å². The zero-order valence-electron chi connectivity index (χ0n) is 15.2. The lowest BCUT2D eigenvalue weighted by Crippen LogP contribution is -2.35. The lowest BCUT2D eigenvalue weighted by Gasteiger charge is -2.27. The Morgan fingerprint density at radius 1 is 1.35 bits per heavy atom. The molecule has 0 fully saturated rings. The van der Waals surface area contributed by atoms with E-state index in [1.165, 1.54) is 9.87 Å².